The van der Waals surface area contributed by atoms with Gasteiger partial charge >= 0.3 is 6.09 Å². The largest absolute Gasteiger partial charge is 0.444 e. The summed E-state index contributed by atoms with van der Waals surface area (Å²) in [5.41, 5.74) is 1.36. The molecule has 9 nitrogen and oxygen atoms in total. The number of ether oxygens (including phenoxy) is 1. The van der Waals surface area contributed by atoms with Crippen LogP contribution in [-0.2, 0) is 11.3 Å². The molecule has 0 aromatic carbocycles. The Hall–Kier alpha value is -2.55. The van der Waals surface area contributed by atoms with Crippen LogP contribution in [0, 0.1) is 6.92 Å². The first-order chi connectivity index (χ1) is 14.1. The van der Waals surface area contributed by atoms with Gasteiger partial charge < -0.3 is 19.9 Å². The lowest BCUT2D eigenvalue weighted by Crippen LogP contribution is -2.55. The lowest BCUT2D eigenvalue weighted by molar-refractivity contribution is 0.0159. The number of nitrogens with one attached hydrogen (secondary N) is 1. The minimum absolute atomic E-state index is 0.0290. The quantitative estimate of drug-likeness (QED) is 0.729. The van der Waals surface area contributed by atoms with E-state index in [1.807, 2.05) is 52.3 Å². The molecule has 30 heavy (non-hydrogen) atoms. The fourth-order valence-electron chi connectivity index (χ4n) is 3.46. The van der Waals surface area contributed by atoms with Crippen LogP contribution in [0.15, 0.2) is 12.3 Å². The summed E-state index contributed by atoms with van der Waals surface area (Å²) in [5, 5.41) is 7.97. The molecular formula is C20H30ClN7O2. The van der Waals surface area contributed by atoms with Crippen molar-refractivity contribution in [2.75, 3.05) is 29.9 Å². The summed E-state index contributed by atoms with van der Waals surface area (Å²) in [6.45, 7) is 14.3. The van der Waals surface area contributed by atoms with E-state index in [2.05, 4.69) is 25.3 Å². The van der Waals surface area contributed by atoms with Gasteiger partial charge in [0.15, 0.2) is 11.6 Å². The number of hydrogen-bond acceptors (Lipinski definition) is 7. The zero-order valence-corrected chi connectivity index (χ0v) is 19.2. The maximum atomic E-state index is 12.5. The van der Waals surface area contributed by atoms with Crippen LogP contribution in [-0.4, -0.2) is 62.0 Å². The second kappa shape index (κ2) is 8.67. The fraction of sp³-hybridized carbons (Fsp3) is 0.600. The first kappa shape index (κ1) is 22.1. The van der Waals surface area contributed by atoms with Gasteiger partial charge in [-0.2, -0.15) is 10.1 Å². The Labute approximate surface area is 182 Å². The van der Waals surface area contributed by atoms with Crippen LogP contribution in [0.4, 0.5) is 22.1 Å². The van der Waals surface area contributed by atoms with Gasteiger partial charge in [0.05, 0.1) is 11.9 Å². The number of rotatable bonds is 4. The molecule has 1 atom stereocenters. The minimum Gasteiger partial charge on any atom is -0.444 e. The lowest BCUT2D eigenvalue weighted by Gasteiger charge is -2.41. The van der Waals surface area contributed by atoms with Crippen molar-refractivity contribution in [2.24, 2.45) is 0 Å². The Kier molecular flexibility index (Phi) is 6.40. The summed E-state index contributed by atoms with van der Waals surface area (Å²) in [5.74, 6) is 1.29. The molecule has 1 N–H and O–H groups in total. The predicted molar refractivity (Wildman–Crippen MR) is 118 cm³/mol. The summed E-state index contributed by atoms with van der Waals surface area (Å²) in [6, 6.07) is 1.94. The van der Waals surface area contributed by atoms with Gasteiger partial charge in [0.25, 0.3) is 0 Å². The minimum atomic E-state index is -0.519. The monoisotopic (exact) mass is 435 g/mol. The molecule has 0 spiro atoms. The molecule has 1 amide bonds. The average molecular weight is 436 g/mol. The number of amides is 1. The van der Waals surface area contributed by atoms with E-state index in [4.69, 9.17) is 16.3 Å². The highest BCUT2D eigenvalue weighted by atomic mass is 35.5. The second-order valence-electron chi connectivity index (χ2n) is 8.45. The molecule has 3 rings (SSSR count). The van der Waals surface area contributed by atoms with Crippen LogP contribution in [0.25, 0.3) is 0 Å². The molecule has 2 aromatic rings. The zero-order chi connectivity index (χ0) is 22.1. The van der Waals surface area contributed by atoms with Gasteiger partial charge in [-0.3, -0.25) is 4.68 Å². The Morgan fingerprint density at radius 2 is 2.10 bits per heavy atom. The molecule has 10 heteroatoms. The van der Waals surface area contributed by atoms with Crippen molar-refractivity contribution in [3.05, 3.63) is 23.2 Å². The smallest absolute Gasteiger partial charge is 0.410 e. The highest BCUT2D eigenvalue weighted by Crippen LogP contribution is 2.29. The van der Waals surface area contributed by atoms with E-state index >= 15 is 0 Å². The van der Waals surface area contributed by atoms with Crippen LogP contribution >= 0.6 is 11.6 Å². The van der Waals surface area contributed by atoms with Crippen molar-refractivity contribution < 1.29 is 9.53 Å². The van der Waals surface area contributed by atoms with Crippen LogP contribution < -0.4 is 10.2 Å². The zero-order valence-electron chi connectivity index (χ0n) is 18.4. The molecule has 1 unspecified atom stereocenters. The van der Waals surface area contributed by atoms with E-state index in [9.17, 15) is 4.79 Å². The Morgan fingerprint density at radius 1 is 1.37 bits per heavy atom. The molecule has 1 aliphatic heterocycles. The van der Waals surface area contributed by atoms with Gasteiger partial charge in [-0.15, -0.1) is 0 Å². The number of nitrogens with zero attached hydrogens (tertiary/aromatic N) is 6. The summed E-state index contributed by atoms with van der Waals surface area (Å²) in [7, 11) is 0. The number of carbonyl (C=O) groups is 1. The number of hydrogen-bond donors (Lipinski definition) is 1. The third-order valence-electron chi connectivity index (χ3n) is 4.86. The van der Waals surface area contributed by atoms with Crippen LogP contribution in [0.5, 0.6) is 0 Å². The third-order valence-corrected chi connectivity index (χ3v) is 5.05. The molecule has 164 valence electrons. The molecule has 1 fully saturated rings. The van der Waals surface area contributed by atoms with Gasteiger partial charge in [-0.25, -0.2) is 9.78 Å². The summed E-state index contributed by atoms with van der Waals surface area (Å²) >= 11 is 6.06. The molecule has 0 aliphatic carbocycles. The molecule has 0 bridgehead atoms. The molecule has 1 aliphatic rings. The van der Waals surface area contributed by atoms with Gasteiger partial charge in [0, 0.05) is 44.0 Å². The van der Waals surface area contributed by atoms with Gasteiger partial charge in [-0.05, 0) is 53.1 Å². The van der Waals surface area contributed by atoms with Crippen molar-refractivity contribution in [2.45, 2.75) is 59.7 Å². The number of anilines is 3. The molecule has 0 saturated carbocycles. The number of carbonyl (C=O) groups excluding carboxylic acids is 1. The van der Waals surface area contributed by atoms with E-state index in [1.165, 1.54) is 0 Å². The lowest BCUT2D eigenvalue weighted by atomic mass is 10.2. The van der Waals surface area contributed by atoms with Crippen molar-refractivity contribution in [3.63, 3.8) is 0 Å². The third kappa shape index (κ3) is 5.13. The number of aromatic nitrogens is 4. The normalized spacial score (nSPS) is 17.2. The highest BCUT2D eigenvalue weighted by Gasteiger charge is 2.32. The first-order valence-electron chi connectivity index (χ1n) is 10.2. The van der Waals surface area contributed by atoms with Crippen LogP contribution in [0.1, 0.15) is 40.3 Å². The van der Waals surface area contributed by atoms with E-state index in [0.29, 0.717) is 31.3 Å². The molecule has 0 radical (unpaired) electrons. The van der Waals surface area contributed by atoms with E-state index in [-0.39, 0.29) is 17.4 Å². The highest BCUT2D eigenvalue weighted by molar-refractivity contribution is 6.28. The van der Waals surface area contributed by atoms with Crippen molar-refractivity contribution >= 4 is 35.0 Å². The first-order valence-corrected chi connectivity index (χ1v) is 10.5. The molecule has 2 aromatic heterocycles. The predicted octanol–water partition coefficient (Wildman–Crippen LogP) is 3.84. The standard InChI is InChI=1S/C20H30ClN7O2/c1-7-28-13(2)10-16(25-28)23-17-15(11-22-18(21)24-17)26-8-9-27(14(3)12-26)19(29)30-20(4,5)6/h10-11,14H,7-9,12H2,1-6H3,(H,22,23,24,25). The van der Waals surface area contributed by atoms with Crippen LogP contribution in [0.3, 0.4) is 0 Å². The van der Waals surface area contributed by atoms with E-state index in [1.54, 1.807) is 11.1 Å². The maximum absolute atomic E-state index is 12.5. The SMILES string of the molecule is CCn1nc(Nc2nc(Cl)ncc2N2CCN(C(=O)OC(C)(C)C)C(C)C2)cc1C. The average Bonchev–Trinajstić information content (AvgIpc) is 2.99. The topological polar surface area (TPSA) is 88.4 Å². The second-order valence-corrected chi connectivity index (χ2v) is 8.79. The van der Waals surface area contributed by atoms with E-state index in [0.717, 1.165) is 17.9 Å². The molecular weight excluding hydrogens is 406 g/mol. The van der Waals surface area contributed by atoms with Crippen LogP contribution in [0.2, 0.25) is 5.28 Å². The number of halogens is 1. The Morgan fingerprint density at radius 3 is 2.70 bits per heavy atom. The van der Waals surface area contributed by atoms with Crippen molar-refractivity contribution in [1.82, 2.24) is 24.6 Å². The Balaban J connectivity index is 1.77. The number of piperazine rings is 1. The fourth-order valence-corrected chi connectivity index (χ4v) is 3.59. The maximum Gasteiger partial charge on any atom is 0.410 e. The van der Waals surface area contributed by atoms with E-state index < -0.39 is 5.60 Å². The van der Waals surface area contributed by atoms with Crippen molar-refractivity contribution in [1.29, 1.82) is 0 Å². The molecule has 3 heterocycles. The van der Waals surface area contributed by atoms with Gasteiger partial charge in [0.2, 0.25) is 5.28 Å². The summed E-state index contributed by atoms with van der Waals surface area (Å²) in [6.07, 6.45) is 1.41. The summed E-state index contributed by atoms with van der Waals surface area (Å²) < 4.78 is 7.44. The Bertz CT molecular complexity index is 909. The molecule has 1 saturated heterocycles. The number of aryl methyl sites for hydroxylation is 2. The van der Waals surface area contributed by atoms with Gasteiger partial charge in [-0.1, -0.05) is 0 Å². The summed E-state index contributed by atoms with van der Waals surface area (Å²) in [4.78, 5) is 25.0. The van der Waals surface area contributed by atoms with Crippen molar-refractivity contribution in [3.8, 4) is 0 Å². The van der Waals surface area contributed by atoms with Gasteiger partial charge in [0.1, 0.15) is 5.60 Å².